The minimum absolute atomic E-state index is 0.162. The summed E-state index contributed by atoms with van der Waals surface area (Å²) in [6, 6.07) is 13.9. The van der Waals surface area contributed by atoms with Gasteiger partial charge in [-0.05, 0) is 47.1 Å². The van der Waals surface area contributed by atoms with Crippen LogP contribution in [0, 0.1) is 6.92 Å². The lowest BCUT2D eigenvalue weighted by atomic mass is 9.81. The number of hydrogen-bond acceptors (Lipinski definition) is 1. The standard InChI is InChI=1S/C19H23ClO/c1-5-19(3,4)15-11-9-14(10-12-15)18(21)16-7-6-8-17(20)13(16)2/h6-12,18,21H,5H2,1-4H3. The van der Waals surface area contributed by atoms with E-state index in [1.807, 2.05) is 37.3 Å². The summed E-state index contributed by atoms with van der Waals surface area (Å²) >= 11 is 6.14. The second kappa shape index (κ2) is 6.21. The molecule has 0 aliphatic heterocycles. The smallest absolute Gasteiger partial charge is 0.104 e. The Morgan fingerprint density at radius 3 is 2.29 bits per heavy atom. The monoisotopic (exact) mass is 302 g/mol. The van der Waals surface area contributed by atoms with Gasteiger partial charge in [-0.15, -0.1) is 0 Å². The molecule has 0 saturated heterocycles. The molecule has 0 amide bonds. The lowest BCUT2D eigenvalue weighted by molar-refractivity contribution is 0.219. The van der Waals surface area contributed by atoms with Gasteiger partial charge in [-0.25, -0.2) is 0 Å². The lowest BCUT2D eigenvalue weighted by Gasteiger charge is -2.24. The molecule has 0 aromatic heterocycles. The van der Waals surface area contributed by atoms with E-state index in [2.05, 4.69) is 32.9 Å². The molecule has 1 N–H and O–H groups in total. The summed E-state index contributed by atoms with van der Waals surface area (Å²) in [7, 11) is 0. The molecule has 0 radical (unpaired) electrons. The average Bonchev–Trinajstić information content (AvgIpc) is 2.49. The molecule has 0 aliphatic rings. The molecule has 2 aromatic rings. The summed E-state index contributed by atoms with van der Waals surface area (Å²) < 4.78 is 0. The molecule has 2 heteroatoms. The van der Waals surface area contributed by atoms with Crippen LogP contribution in [0.25, 0.3) is 0 Å². The maximum atomic E-state index is 10.6. The van der Waals surface area contributed by atoms with E-state index >= 15 is 0 Å². The number of aliphatic hydroxyl groups excluding tert-OH is 1. The van der Waals surface area contributed by atoms with Crippen LogP contribution in [0.15, 0.2) is 42.5 Å². The summed E-state index contributed by atoms with van der Waals surface area (Å²) in [5.74, 6) is 0. The van der Waals surface area contributed by atoms with Gasteiger partial charge in [0, 0.05) is 5.02 Å². The molecule has 1 unspecified atom stereocenters. The van der Waals surface area contributed by atoms with Gasteiger partial charge in [-0.3, -0.25) is 0 Å². The van der Waals surface area contributed by atoms with E-state index in [0.29, 0.717) is 5.02 Å². The van der Waals surface area contributed by atoms with Crippen molar-refractivity contribution in [3.8, 4) is 0 Å². The fourth-order valence-electron chi connectivity index (χ4n) is 2.42. The zero-order chi connectivity index (χ0) is 15.6. The van der Waals surface area contributed by atoms with E-state index in [1.165, 1.54) is 5.56 Å². The fourth-order valence-corrected chi connectivity index (χ4v) is 2.60. The third-order valence-corrected chi connectivity index (χ3v) is 4.91. The van der Waals surface area contributed by atoms with Gasteiger partial charge in [0.2, 0.25) is 0 Å². The molecule has 0 bridgehead atoms. The van der Waals surface area contributed by atoms with Crippen molar-refractivity contribution in [3.05, 3.63) is 69.7 Å². The van der Waals surface area contributed by atoms with Crippen LogP contribution in [0.1, 0.15) is 55.5 Å². The number of benzene rings is 2. The van der Waals surface area contributed by atoms with Crippen molar-refractivity contribution in [2.75, 3.05) is 0 Å². The van der Waals surface area contributed by atoms with Crippen molar-refractivity contribution in [1.29, 1.82) is 0 Å². The summed E-state index contributed by atoms with van der Waals surface area (Å²) in [5.41, 5.74) is 4.16. The molecule has 0 fully saturated rings. The number of hydrogen-bond donors (Lipinski definition) is 1. The Balaban J connectivity index is 2.32. The minimum atomic E-state index is -0.637. The number of aliphatic hydroxyl groups is 1. The molecule has 2 rings (SSSR count). The number of halogens is 1. The zero-order valence-electron chi connectivity index (χ0n) is 13.2. The minimum Gasteiger partial charge on any atom is -0.384 e. The van der Waals surface area contributed by atoms with Crippen LogP contribution >= 0.6 is 11.6 Å². The first-order chi connectivity index (χ1) is 9.86. The van der Waals surface area contributed by atoms with Crippen molar-refractivity contribution in [1.82, 2.24) is 0 Å². The Morgan fingerprint density at radius 1 is 1.10 bits per heavy atom. The van der Waals surface area contributed by atoms with Crippen LogP contribution in [-0.2, 0) is 5.41 Å². The fraction of sp³-hybridized carbons (Fsp3) is 0.368. The second-order valence-electron chi connectivity index (χ2n) is 6.22. The van der Waals surface area contributed by atoms with Crippen LogP contribution in [0.5, 0.6) is 0 Å². The van der Waals surface area contributed by atoms with Gasteiger partial charge in [-0.2, -0.15) is 0 Å². The second-order valence-corrected chi connectivity index (χ2v) is 6.62. The van der Waals surface area contributed by atoms with Gasteiger partial charge in [0.05, 0.1) is 0 Å². The average molecular weight is 303 g/mol. The van der Waals surface area contributed by atoms with Crippen LogP contribution in [0.4, 0.5) is 0 Å². The topological polar surface area (TPSA) is 20.2 Å². The summed E-state index contributed by atoms with van der Waals surface area (Å²) in [4.78, 5) is 0. The van der Waals surface area contributed by atoms with Gasteiger partial charge < -0.3 is 5.11 Å². The quantitative estimate of drug-likeness (QED) is 0.799. The molecule has 112 valence electrons. The van der Waals surface area contributed by atoms with Gasteiger partial charge in [0.25, 0.3) is 0 Å². The molecule has 0 spiro atoms. The molecule has 0 heterocycles. The number of rotatable bonds is 4. The van der Waals surface area contributed by atoms with Crippen molar-refractivity contribution >= 4 is 11.6 Å². The highest BCUT2D eigenvalue weighted by Crippen LogP contribution is 2.31. The van der Waals surface area contributed by atoms with E-state index in [9.17, 15) is 5.11 Å². The Labute approximate surface area is 132 Å². The summed E-state index contributed by atoms with van der Waals surface area (Å²) in [6.07, 6.45) is 0.449. The van der Waals surface area contributed by atoms with Crippen LogP contribution in [0.2, 0.25) is 5.02 Å². The SMILES string of the molecule is CCC(C)(C)c1ccc(C(O)c2cccc(Cl)c2C)cc1. The van der Waals surface area contributed by atoms with Crippen molar-refractivity contribution in [2.45, 2.75) is 45.6 Å². The summed E-state index contributed by atoms with van der Waals surface area (Å²) in [6.45, 7) is 8.60. The van der Waals surface area contributed by atoms with E-state index in [0.717, 1.165) is 23.1 Å². The highest BCUT2D eigenvalue weighted by molar-refractivity contribution is 6.31. The van der Waals surface area contributed by atoms with Gasteiger partial charge in [-0.1, -0.05) is 68.8 Å². The highest BCUT2D eigenvalue weighted by Gasteiger charge is 2.19. The molecular weight excluding hydrogens is 280 g/mol. The molecule has 1 nitrogen and oxygen atoms in total. The predicted molar refractivity (Wildman–Crippen MR) is 90.0 cm³/mol. The Hall–Kier alpha value is -1.31. The van der Waals surface area contributed by atoms with Crippen molar-refractivity contribution < 1.29 is 5.11 Å². The maximum absolute atomic E-state index is 10.6. The molecule has 0 saturated carbocycles. The largest absolute Gasteiger partial charge is 0.384 e. The maximum Gasteiger partial charge on any atom is 0.104 e. The molecule has 1 atom stereocenters. The first kappa shape index (κ1) is 16.1. The lowest BCUT2D eigenvalue weighted by Crippen LogP contribution is -2.15. The van der Waals surface area contributed by atoms with Gasteiger partial charge >= 0.3 is 0 Å². The normalized spacial score (nSPS) is 13.2. The van der Waals surface area contributed by atoms with E-state index < -0.39 is 6.10 Å². The third kappa shape index (κ3) is 3.30. The van der Waals surface area contributed by atoms with Gasteiger partial charge in [0.1, 0.15) is 6.10 Å². The highest BCUT2D eigenvalue weighted by atomic mass is 35.5. The molecule has 0 aliphatic carbocycles. The van der Waals surface area contributed by atoms with Crippen LogP contribution in [0.3, 0.4) is 0 Å². The van der Waals surface area contributed by atoms with E-state index in [-0.39, 0.29) is 5.41 Å². The first-order valence-corrected chi connectivity index (χ1v) is 7.78. The first-order valence-electron chi connectivity index (χ1n) is 7.40. The molecular formula is C19H23ClO. The van der Waals surface area contributed by atoms with E-state index in [4.69, 9.17) is 11.6 Å². The molecule has 2 aromatic carbocycles. The van der Waals surface area contributed by atoms with Crippen molar-refractivity contribution in [3.63, 3.8) is 0 Å². The van der Waals surface area contributed by atoms with Crippen LogP contribution in [-0.4, -0.2) is 5.11 Å². The van der Waals surface area contributed by atoms with E-state index in [1.54, 1.807) is 0 Å². The predicted octanol–water partition coefficient (Wildman–Crippen LogP) is 5.42. The Bertz CT molecular complexity index is 614. The third-order valence-electron chi connectivity index (χ3n) is 4.50. The van der Waals surface area contributed by atoms with Crippen LogP contribution < -0.4 is 0 Å². The Morgan fingerprint density at radius 2 is 1.71 bits per heavy atom. The summed E-state index contributed by atoms with van der Waals surface area (Å²) in [5, 5.41) is 11.3. The zero-order valence-corrected chi connectivity index (χ0v) is 13.9. The van der Waals surface area contributed by atoms with Crippen molar-refractivity contribution in [2.24, 2.45) is 0 Å². The Kier molecular flexibility index (Phi) is 4.75. The van der Waals surface area contributed by atoms with Gasteiger partial charge in [0.15, 0.2) is 0 Å². The molecule has 21 heavy (non-hydrogen) atoms.